The van der Waals surface area contributed by atoms with Crippen LogP contribution in [0.3, 0.4) is 0 Å². The Bertz CT molecular complexity index is 508. The number of nitrogens with zero attached hydrogens (tertiary/aromatic N) is 1. The van der Waals surface area contributed by atoms with Crippen LogP contribution in [0.4, 0.5) is 0 Å². The minimum atomic E-state index is -0.662. The molecule has 0 aromatic heterocycles. The van der Waals surface area contributed by atoms with Gasteiger partial charge in [-0.1, -0.05) is 29.8 Å². The molecular weight excluding hydrogens is 276 g/mol. The first-order valence-electron chi connectivity index (χ1n) is 6.73. The summed E-state index contributed by atoms with van der Waals surface area (Å²) in [7, 11) is 1.78. The molecule has 1 saturated heterocycles. The van der Waals surface area contributed by atoms with E-state index in [0.717, 1.165) is 5.56 Å². The summed E-state index contributed by atoms with van der Waals surface area (Å²) in [5.74, 6) is -0.00470. The molecule has 1 aromatic rings. The summed E-state index contributed by atoms with van der Waals surface area (Å²) >= 11 is 6.20. The van der Waals surface area contributed by atoms with Crippen molar-refractivity contribution in [3.63, 3.8) is 0 Å². The molecule has 110 valence electrons. The van der Waals surface area contributed by atoms with Gasteiger partial charge in [0, 0.05) is 18.1 Å². The van der Waals surface area contributed by atoms with Crippen molar-refractivity contribution in [2.75, 3.05) is 20.3 Å². The zero-order chi connectivity index (χ0) is 14.9. The Morgan fingerprint density at radius 3 is 2.75 bits per heavy atom. The Morgan fingerprint density at radius 2 is 2.20 bits per heavy atom. The largest absolute Gasteiger partial charge is 0.379 e. The maximum absolute atomic E-state index is 12.7. The molecule has 0 bridgehead atoms. The molecule has 3 atom stereocenters. The Labute approximate surface area is 124 Å². The van der Waals surface area contributed by atoms with E-state index in [1.54, 1.807) is 11.9 Å². The highest BCUT2D eigenvalue weighted by molar-refractivity contribution is 6.31. The standard InChI is InChI=1S/C15H21ClN2O2/c1-10(11-6-4-5-7-12(11)16)18(3)14(19)15(2)9-20-8-13(15)17/h4-7,10,13H,8-9,17H2,1-3H3. The Morgan fingerprint density at radius 1 is 1.55 bits per heavy atom. The van der Waals surface area contributed by atoms with Crippen molar-refractivity contribution in [2.45, 2.75) is 25.9 Å². The molecule has 0 saturated carbocycles. The van der Waals surface area contributed by atoms with Gasteiger partial charge in [-0.05, 0) is 25.5 Å². The van der Waals surface area contributed by atoms with Gasteiger partial charge in [0.15, 0.2) is 0 Å². The molecule has 0 radical (unpaired) electrons. The monoisotopic (exact) mass is 296 g/mol. The van der Waals surface area contributed by atoms with Gasteiger partial charge in [0.05, 0.1) is 24.7 Å². The predicted octanol–water partition coefficient (Wildman–Crippen LogP) is 2.22. The number of amides is 1. The molecule has 2 N–H and O–H groups in total. The van der Waals surface area contributed by atoms with Crippen molar-refractivity contribution in [2.24, 2.45) is 11.1 Å². The first kappa shape index (κ1) is 15.3. The van der Waals surface area contributed by atoms with Crippen LogP contribution in [0.1, 0.15) is 25.5 Å². The van der Waals surface area contributed by atoms with Crippen LogP contribution < -0.4 is 5.73 Å². The normalized spacial score (nSPS) is 27.4. The molecule has 0 aliphatic carbocycles. The van der Waals surface area contributed by atoms with Gasteiger partial charge in [0.2, 0.25) is 5.91 Å². The highest BCUT2D eigenvalue weighted by atomic mass is 35.5. The molecule has 0 spiro atoms. The lowest BCUT2D eigenvalue weighted by atomic mass is 9.83. The lowest BCUT2D eigenvalue weighted by molar-refractivity contribution is -0.142. The summed E-state index contributed by atoms with van der Waals surface area (Å²) in [5, 5.41) is 0.664. The number of carbonyl (C=O) groups excluding carboxylic acids is 1. The fourth-order valence-corrected chi connectivity index (χ4v) is 2.80. The molecule has 2 rings (SSSR count). The third kappa shape index (κ3) is 2.55. The second kappa shape index (κ2) is 5.72. The van der Waals surface area contributed by atoms with Crippen molar-refractivity contribution in [3.05, 3.63) is 34.9 Å². The second-order valence-electron chi connectivity index (χ2n) is 5.65. The number of hydrogen-bond acceptors (Lipinski definition) is 3. The highest BCUT2D eigenvalue weighted by Crippen LogP contribution is 2.33. The molecular formula is C15H21ClN2O2. The predicted molar refractivity (Wildman–Crippen MR) is 79.5 cm³/mol. The average Bonchev–Trinajstić information content (AvgIpc) is 2.78. The van der Waals surface area contributed by atoms with Crippen molar-refractivity contribution in [1.82, 2.24) is 4.90 Å². The van der Waals surface area contributed by atoms with Gasteiger partial charge in [-0.25, -0.2) is 0 Å². The molecule has 1 aliphatic rings. The van der Waals surface area contributed by atoms with E-state index in [-0.39, 0.29) is 18.0 Å². The smallest absolute Gasteiger partial charge is 0.232 e. The highest BCUT2D eigenvalue weighted by Gasteiger charge is 2.46. The van der Waals surface area contributed by atoms with Gasteiger partial charge in [0.1, 0.15) is 0 Å². The lowest BCUT2D eigenvalue weighted by Gasteiger charge is -2.34. The Hall–Kier alpha value is -1.10. The zero-order valence-electron chi connectivity index (χ0n) is 12.1. The van der Waals surface area contributed by atoms with E-state index in [2.05, 4.69) is 0 Å². The first-order chi connectivity index (χ1) is 9.38. The fourth-order valence-electron chi connectivity index (χ4n) is 2.51. The van der Waals surface area contributed by atoms with E-state index in [1.807, 2.05) is 38.1 Å². The summed E-state index contributed by atoms with van der Waals surface area (Å²) < 4.78 is 5.35. The van der Waals surface area contributed by atoms with Gasteiger partial charge in [-0.15, -0.1) is 0 Å². The molecule has 1 amide bonds. The fraction of sp³-hybridized carbons (Fsp3) is 0.533. The Balaban J connectivity index is 2.21. The summed E-state index contributed by atoms with van der Waals surface area (Å²) in [6.45, 7) is 4.62. The number of nitrogens with two attached hydrogens (primary N) is 1. The Kier molecular flexibility index (Phi) is 4.37. The van der Waals surface area contributed by atoms with Gasteiger partial charge in [-0.3, -0.25) is 4.79 Å². The number of rotatable bonds is 3. The summed E-state index contributed by atoms with van der Waals surface area (Å²) in [6.07, 6.45) is 0. The van der Waals surface area contributed by atoms with Crippen LogP contribution in [-0.4, -0.2) is 37.1 Å². The molecule has 1 aliphatic heterocycles. The van der Waals surface area contributed by atoms with E-state index in [9.17, 15) is 4.79 Å². The molecule has 3 unspecified atom stereocenters. The van der Waals surface area contributed by atoms with Gasteiger partial charge in [0.25, 0.3) is 0 Å². The average molecular weight is 297 g/mol. The van der Waals surface area contributed by atoms with Gasteiger partial charge in [-0.2, -0.15) is 0 Å². The lowest BCUT2D eigenvalue weighted by Crippen LogP contribution is -2.50. The minimum Gasteiger partial charge on any atom is -0.379 e. The van der Waals surface area contributed by atoms with Crippen molar-refractivity contribution >= 4 is 17.5 Å². The molecule has 1 heterocycles. The molecule has 20 heavy (non-hydrogen) atoms. The van der Waals surface area contributed by atoms with Gasteiger partial charge < -0.3 is 15.4 Å². The van der Waals surface area contributed by atoms with E-state index in [1.165, 1.54) is 0 Å². The third-order valence-electron chi connectivity index (χ3n) is 4.26. The van der Waals surface area contributed by atoms with Gasteiger partial charge >= 0.3 is 0 Å². The summed E-state index contributed by atoms with van der Waals surface area (Å²) in [4.78, 5) is 14.4. The van der Waals surface area contributed by atoms with Crippen LogP contribution in [0.25, 0.3) is 0 Å². The quantitative estimate of drug-likeness (QED) is 0.930. The number of carbonyl (C=O) groups is 1. The maximum atomic E-state index is 12.7. The number of halogens is 1. The van der Waals surface area contributed by atoms with Crippen LogP contribution in [0.5, 0.6) is 0 Å². The molecule has 1 aromatic carbocycles. The van der Waals surface area contributed by atoms with Crippen LogP contribution in [0.2, 0.25) is 5.02 Å². The molecule has 1 fully saturated rings. The van der Waals surface area contributed by atoms with E-state index in [4.69, 9.17) is 22.1 Å². The number of benzene rings is 1. The first-order valence-corrected chi connectivity index (χ1v) is 7.10. The molecule has 4 nitrogen and oxygen atoms in total. The van der Waals surface area contributed by atoms with E-state index < -0.39 is 5.41 Å². The summed E-state index contributed by atoms with van der Waals surface area (Å²) in [5.41, 5.74) is 6.29. The zero-order valence-corrected chi connectivity index (χ0v) is 12.9. The van der Waals surface area contributed by atoms with Crippen LogP contribution in [-0.2, 0) is 9.53 Å². The second-order valence-corrected chi connectivity index (χ2v) is 6.06. The van der Waals surface area contributed by atoms with Crippen molar-refractivity contribution in [1.29, 1.82) is 0 Å². The third-order valence-corrected chi connectivity index (χ3v) is 4.61. The van der Waals surface area contributed by atoms with E-state index in [0.29, 0.717) is 18.2 Å². The van der Waals surface area contributed by atoms with Crippen molar-refractivity contribution < 1.29 is 9.53 Å². The van der Waals surface area contributed by atoms with Crippen LogP contribution >= 0.6 is 11.6 Å². The number of hydrogen-bond donors (Lipinski definition) is 1. The van der Waals surface area contributed by atoms with Crippen LogP contribution in [0.15, 0.2) is 24.3 Å². The van der Waals surface area contributed by atoms with Crippen LogP contribution in [0, 0.1) is 5.41 Å². The number of ether oxygens (including phenoxy) is 1. The van der Waals surface area contributed by atoms with Crippen molar-refractivity contribution in [3.8, 4) is 0 Å². The van der Waals surface area contributed by atoms with E-state index >= 15 is 0 Å². The minimum absolute atomic E-state index is 0.00470. The topological polar surface area (TPSA) is 55.6 Å². The SMILES string of the molecule is CC(c1ccccc1Cl)N(C)C(=O)C1(C)COCC1N. The summed E-state index contributed by atoms with van der Waals surface area (Å²) in [6, 6.07) is 7.18. The maximum Gasteiger partial charge on any atom is 0.232 e. The molecule has 5 heteroatoms.